The highest BCUT2D eigenvalue weighted by molar-refractivity contribution is 5.28. The molecule has 0 amide bonds. The van der Waals surface area contributed by atoms with E-state index in [1.165, 1.54) is 5.56 Å². The van der Waals surface area contributed by atoms with Crippen molar-refractivity contribution in [2.24, 2.45) is 0 Å². The van der Waals surface area contributed by atoms with Gasteiger partial charge in [0.05, 0.1) is 18.3 Å². The van der Waals surface area contributed by atoms with Gasteiger partial charge in [0.15, 0.2) is 0 Å². The number of benzene rings is 2. The first-order chi connectivity index (χ1) is 11.5. The molecule has 2 aromatic rings. The van der Waals surface area contributed by atoms with E-state index in [4.69, 9.17) is 4.74 Å². The Bertz CT molecular complexity index is 644. The first-order valence-corrected chi connectivity index (χ1v) is 8.10. The normalized spacial score (nSPS) is 18.5. The van der Waals surface area contributed by atoms with Crippen molar-refractivity contribution in [3.63, 3.8) is 0 Å². The molecule has 3 rings (SSSR count). The van der Waals surface area contributed by atoms with Gasteiger partial charge >= 0.3 is 6.18 Å². The molecule has 0 spiro atoms. The van der Waals surface area contributed by atoms with Gasteiger partial charge in [-0.15, -0.1) is 0 Å². The second-order valence-electron chi connectivity index (χ2n) is 6.00. The summed E-state index contributed by atoms with van der Waals surface area (Å²) in [4.78, 5) is 0. The van der Waals surface area contributed by atoms with Crippen molar-refractivity contribution < 1.29 is 17.9 Å². The van der Waals surface area contributed by atoms with Gasteiger partial charge in [-0.1, -0.05) is 36.4 Å². The van der Waals surface area contributed by atoms with Crippen molar-refractivity contribution in [3.8, 4) is 0 Å². The third-order valence-electron chi connectivity index (χ3n) is 4.26. The number of hydrogen-bond acceptors (Lipinski definition) is 2. The average Bonchev–Trinajstić information content (AvgIpc) is 2.61. The van der Waals surface area contributed by atoms with Gasteiger partial charge in [-0.2, -0.15) is 13.2 Å². The van der Waals surface area contributed by atoms with Gasteiger partial charge in [-0.25, -0.2) is 0 Å². The Labute approximate surface area is 139 Å². The molecule has 1 heterocycles. The summed E-state index contributed by atoms with van der Waals surface area (Å²) in [5.74, 6) is 0. The van der Waals surface area contributed by atoms with Crippen LogP contribution in [0.3, 0.4) is 0 Å². The lowest BCUT2D eigenvalue weighted by Gasteiger charge is -2.24. The molecule has 1 atom stereocenters. The van der Waals surface area contributed by atoms with Crippen LogP contribution in [0.1, 0.15) is 28.4 Å². The average molecular weight is 335 g/mol. The first-order valence-electron chi connectivity index (χ1n) is 8.10. The van der Waals surface area contributed by atoms with Crippen LogP contribution in [0.4, 0.5) is 13.2 Å². The predicted octanol–water partition coefficient (Wildman–Crippen LogP) is 4.15. The molecule has 0 aromatic heterocycles. The van der Waals surface area contributed by atoms with Crippen molar-refractivity contribution in [3.05, 3.63) is 70.8 Å². The van der Waals surface area contributed by atoms with Crippen LogP contribution >= 0.6 is 0 Å². The summed E-state index contributed by atoms with van der Waals surface area (Å²) in [5, 5.41) is 3.30. The molecule has 1 aliphatic heterocycles. The van der Waals surface area contributed by atoms with E-state index in [2.05, 4.69) is 29.6 Å². The zero-order valence-corrected chi connectivity index (χ0v) is 13.3. The van der Waals surface area contributed by atoms with Crippen LogP contribution < -0.4 is 5.32 Å². The van der Waals surface area contributed by atoms with Gasteiger partial charge in [0, 0.05) is 13.1 Å². The number of ether oxygens (including phenoxy) is 1. The van der Waals surface area contributed by atoms with Gasteiger partial charge in [-0.05, 0) is 41.7 Å². The van der Waals surface area contributed by atoms with Crippen LogP contribution in [-0.4, -0.2) is 19.7 Å². The molecule has 0 unspecified atom stereocenters. The highest BCUT2D eigenvalue weighted by Crippen LogP contribution is 2.29. The van der Waals surface area contributed by atoms with Crippen LogP contribution in [0.5, 0.6) is 0 Å². The van der Waals surface area contributed by atoms with Crippen LogP contribution in [0.15, 0.2) is 48.5 Å². The Hall–Kier alpha value is -1.85. The van der Waals surface area contributed by atoms with Gasteiger partial charge in [0.1, 0.15) is 0 Å². The molecule has 1 N–H and O–H groups in total. The summed E-state index contributed by atoms with van der Waals surface area (Å²) in [6, 6.07) is 13.7. The molecule has 0 aliphatic carbocycles. The molecule has 1 aliphatic rings. The second kappa shape index (κ2) is 7.36. The van der Waals surface area contributed by atoms with Gasteiger partial charge in [0.25, 0.3) is 0 Å². The molecule has 5 heteroatoms. The van der Waals surface area contributed by atoms with Crippen molar-refractivity contribution in [1.29, 1.82) is 0 Å². The van der Waals surface area contributed by atoms with E-state index in [9.17, 15) is 13.2 Å². The smallest absolute Gasteiger partial charge is 0.371 e. The van der Waals surface area contributed by atoms with E-state index in [1.807, 2.05) is 0 Å². The lowest BCUT2D eigenvalue weighted by molar-refractivity contribution is -0.137. The molecule has 128 valence electrons. The first kappa shape index (κ1) is 17.0. The fourth-order valence-electron chi connectivity index (χ4n) is 2.83. The second-order valence-corrected chi connectivity index (χ2v) is 6.00. The minimum Gasteiger partial charge on any atom is -0.371 e. The zero-order valence-electron chi connectivity index (χ0n) is 13.3. The molecule has 1 fully saturated rings. The van der Waals surface area contributed by atoms with E-state index >= 15 is 0 Å². The summed E-state index contributed by atoms with van der Waals surface area (Å²) in [6.45, 7) is 2.44. The highest BCUT2D eigenvalue weighted by Gasteiger charge is 2.29. The fraction of sp³-hybridized carbons (Fsp3) is 0.368. The van der Waals surface area contributed by atoms with Gasteiger partial charge < -0.3 is 10.1 Å². The number of rotatable bonds is 4. The van der Waals surface area contributed by atoms with E-state index < -0.39 is 11.7 Å². The Morgan fingerprint density at radius 3 is 2.00 bits per heavy atom. The van der Waals surface area contributed by atoms with E-state index in [1.54, 1.807) is 12.1 Å². The van der Waals surface area contributed by atoms with Crippen molar-refractivity contribution in [1.82, 2.24) is 5.32 Å². The number of hydrogen-bond donors (Lipinski definition) is 1. The number of morpholine rings is 1. The van der Waals surface area contributed by atoms with E-state index in [0.717, 1.165) is 55.8 Å². The number of aryl methyl sites for hydroxylation is 2. The minimum absolute atomic E-state index is 0.0997. The summed E-state index contributed by atoms with van der Waals surface area (Å²) < 4.78 is 43.4. The number of nitrogens with one attached hydrogen (secondary N) is 1. The monoisotopic (exact) mass is 335 g/mol. The quantitative estimate of drug-likeness (QED) is 0.906. The van der Waals surface area contributed by atoms with E-state index in [-0.39, 0.29) is 6.10 Å². The Kier molecular flexibility index (Phi) is 5.21. The maximum absolute atomic E-state index is 12.5. The minimum atomic E-state index is -4.27. The zero-order chi connectivity index (χ0) is 17.0. The lowest BCUT2D eigenvalue weighted by atomic mass is 10.0. The molecular formula is C19H20F3NO. The molecule has 2 nitrogen and oxygen atoms in total. The SMILES string of the molecule is FC(F)(F)c1ccc(CCc2ccc([C@H]3CNCCO3)cc2)cc1. The summed E-state index contributed by atoms with van der Waals surface area (Å²) in [6.07, 6.45) is -2.65. The van der Waals surface area contributed by atoms with Gasteiger partial charge in [0.2, 0.25) is 0 Å². The largest absolute Gasteiger partial charge is 0.416 e. The lowest BCUT2D eigenvalue weighted by Crippen LogP contribution is -2.33. The van der Waals surface area contributed by atoms with Crippen molar-refractivity contribution in [2.45, 2.75) is 25.1 Å². The highest BCUT2D eigenvalue weighted by atomic mass is 19.4. The summed E-state index contributed by atoms with van der Waals surface area (Å²) in [5.41, 5.74) is 2.63. The topological polar surface area (TPSA) is 21.3 Å². The number of halogens is 3. The molecule has 0 saturated carbocycles. The molecular weight excluding hydrogens is 315 g/mol. The van der Waals surface area contributed by atoms with Crippen LogP contribution in [0, 0.1) is 0 Å². The van der Waals surface area contributed by atoms with Gasteiger partial charge in [-0.3, -0.25) is 0 Å². The maximum atomic E-state index is 12.5. The Balaban J connectivity index is 1.56. The van der Waals surface area contributed by atoms with Crippen LogP contribution in [0.25, 0.3) is 0 Å². The fourth-order valence-corrected chi connectivity index (χ4v) is 2.83. The van der Waals surface area contributed by atoms with Crippen molar-refractivity contribution >= 4 is 0 Å². The molecule has 2 aromatic carbocycles. The van der Waals surface area contributed by atoms with Crippen LogP contribution in [-0.2, 0) is 23.8 Å². The molecule has 0 radical (unpaired) electrons. The summed E-state index contributed by atoms with van der Waals surface area (Å²) >= 11 is 0. The Morgan fingerprint density at radius 1 is 0.917 bits per heavy atom. The number of alkyl halides is 3. The molecule has 24 heavy (non-hydrogen) atoms. The third kappa shape index (κ3) is 4.36. The maximum Gasteiger partial charge on any atom is 0.416 e. The van der Waals surface area contributed by atoms with Crippen LogP contribution in [0.2, 0.25) is 0 Å². The molecule has 1 saturated heterocycles. The predicted molar refractivity (Wildman–Crippen MR) is 86.9 cm³/mol. The third-order valence-corrected chi connectivity index (χ3v) is 4.26. The standard InChI is InChI=1S/C19H20F3NO/c20-19(21,22)17-9-5-15(6-10-17)2-1-14-3-7-16(8-4-14)18-13-23-11-12-24-18/h3-10,18,23H,1-2,11-13H2/t18-/m1/s1. The summed E-state index contributed by atoms with van der Waals surface area (Å²) in [7, 11) is 0. The van der Waals surface area contributed by atoms with Crippen molar-refractivity contribution in [2.75, 3.05) is 19.7 Å². The molecule has 0 bridgehead atoms. The Morgan fingerprint density at radius 2 is 1.50 bits per heavy atom. The van der Waals surface area contributed by atoms with E-state index in [0.29, 0.717) is 0 Å².